The molecule has 0 saturated carbocycles. The number of nitrogens with one attached hydrogen (secondary N) is 1. The third kappa shape index (κ3) is 5.31. The molecule has 96 valence electrons. The molecule has 1 N–H and O–H groups in total. The van der Waals surface area contributed by atoms with E-state index in [9.17, 15) is 4.79 Å². The van der Waals surface area contributed by atoms with Gasteiger partial charge in [-0.3, -0.25) is 4.79 Å². The highest BCUT2D eigenvalue weighted by molar-refractivity contribution is 7.09. The molecule has 0 unspecified atom stereocenters. The van der Waals surface area contributed by atoms with Crippen molar-refractivity contribution >= 4 is 17.2 Å². The van der Waals surface area contributed by atoms with Crippen molar-refractivity contribution in [2.24, 2.45) is 5.92 Å². The Balaban J connectivity index is 2.32. The van der Waals surface area contributed by atoms with Crippen LogP contribution < -0.4 is 5.32 Å². The van der Waals surface area contributed by atoms with Crippen LogP contribution in [0.25, 0.3) is 0 Å². The first-order valence-corrected chi connectivity index (χ1v) is 7.08. The molecule has 1 aromatic heterocycles. The molecule has 1 rings (SSSR count). The smallest absolute Gasteiger partial charge is 0.220 e. The van der Waals surface area contributed by atoms with E-state index in [-0.39, 0.29) is 5.91 Å². The Kier molecular flexibility index (Phi) is 5.62. The van der Waals surface area contributed by atoms with Gasteiger partial charge in [0.25, 0.3) is 0 Å². The monoisotopic (exact) mass is 254 g/mol. The minimum absolute atomic E-state index is 0.125. The predicted octanol–water partition coefficient (Wildman–Crippen LogP) is 2.97. The quantitative estimate of drug-likeness (QED) is 0.848. The molecule has 0 aromatic carbocycles. The van der Waals surface area contributed by atoms with Crippen LogP contribution >= 0.6 is 11.3 Å². The summed E-state index contributed by atoms with van der Waals surface area (Å²) in [5, 5.41) is 6.07. The standard InChI is InChI=1S/C13H22N2OS/c1-9(2)7-14-12(16)5-6-13-15-11(8-17-13)10(3)4/h8-10H,5-7H2,1-4H3,(H,14,16). The van der Waals surface area contributed by atoms with Crippen molar-refractivity contribution in [3.63, 3.8) is 0 Å². The lowest BCUT2D eigenvalue weighted by Crippen LogP contribution is -2.27. The van der Waals surface area contributed by atoms with Crippen LogP contribution in [-0.2, 0) is 11.2 Å². The largest absolute Gasteiger partial charge is 0.356 e. The van der Waals surface area contributed by atoms with Crippen molar-refractivity contribution < 1.29 is 4.79 Å². The highest BCUT2D eigenvalue weighted by Crippen LogP contribution is 2.18. The van der Waals surface area contributed by atoms with E-state index in [1.54, 1.807) is 11.3 Å². The van der Waals surface area contributed by atoms with Gasteiger partial charge >= 0.3 is 0 Å². The number of aryl methyl sites for hydroxylation is 1. The molecule has 0 fully saturated rings. The molecule has 0 bridgehead atoms. The van der Waals surface area contributed by atoms with Crippen molar-refractivity contribution in [2.75, 3.05) is 6.54 Å². The molecule has 4 heteroatoms. The average molecular weight is 254 g/mol. The highest BCUT2D eigenvalue weighted by atomic mass is 32.1. The topological polar surface area (TPSA) is 42.0 Å². The minimum Gasteiger partial charge on any atom is -0.356 e. The maximum atomic E-state index is 11.5. The zero-order valence-electron chi connectivity index (χ0n) is 11.1. The number of nitrogens with zero attached hydrogens (tertiary/aromatic N) is 1. The summed E-state index contributed by atoms with van der Waals surface area (Å²) in [4.78, 5) is 16.0. The fourth-order valence-corrected chi connectivity index (χ4v) is 2.29. The van der Waals surface area contributed by atoms with Crippen molar-refractivity contribution in [3.8, 4) is 0 Å². The van der Waals surface area contributed by atoms with Gasteiger partial charge in [-0.25, -0.2) is 4.98 Å². The molecular weight excluding hydrogens is 232 g/mol. The molecule has 3 nitrogen and oxygen atoms in total. The van der Waals surface area contributed by atoms with Gasteiger partial charge in [-0.1, -0.05) is 27.7 Å². The molecular formula is C13H22N2OS. The Labute approximate surface area is 108 Å². The molecule has 1 aromatic rings. The third-order valence-electron chi connectivity index (χ3n) is 2.43. The van der Waals surface area contributed by atoms with Gasteiger partial charge < -0.3 is 5.32 Å². The summed E-state index contributed by atoms with van der Waals surface area (Å²) in [6.07, 6.45) is 1.29. The first kappa shape index (κ1) is 14.2. The summed E-state index contributed by atoms with van der Waals surface area (Å²) in [6.45, 7) is 9.21. The van der Waals surface area contributed by atoms with Crippen molar-refractivity contribution in [1.82, 2.24) is 10.3 Å². The van der Waals surface area contributed by atoms with E-state index in [1.165, 1.54) is 0 Å². The fraction of sp³-hybridized carbons (Fsp3) is 0.692. The summed E-state index contributed by atoms with van der Waals surface area (Å²) in [6, 6.07) is 0. The molecule has 0 spiro atoms. The molecule has 0 aliphatic heterocycles. The molecule has 0 radical (unpaired) electrons. The average Bonchev–Trinajstić information content (AvgIpc) is 2.72. The van der Waals surface area contributed by atoms with E-state index in [0.29, 0.717) is 18.3 Å². The highest BCUT2D eigenvalue weighted by Gasteiger charge is 2.08. The van der Waals surface area contributed by atoms with E-state index >= 15 is 0 Å². The first-order chi connectivity index (χ1) is 7.99. The third-order valence-corrected chi connectivity index (χ3v) is 3.36. The second-order valence-electron chi connectivity index (χ2n) is 5.02. The molecule has 0 aliphatic carbocycles. The lowest BCUT2D eigenvalue weighted by atomic mass is 10.2. The van der Waals surface area contributed by atoms with Crippen LogP contribution in [0.1, 0.15) is 50.7 Å². The van der Waals surface area contributed by atoms with Gasteiger partial charge in [-0.05, 0) is 11.8 Å². The van der Waals surface area contributed by atoms with Gasteiger partial charge in [0, 0.05) is 24.8 Å². The number of aromatic nitrogens is 1. The Morgan fingerprint density at radius 2 is 2.12 bits per heavy atom. The number of thiazole rings is 1. The number of carbonyl (C=O) groups excluding carboxylic acids is 1. The van der Waals surface area contributed by atoms with Crippen molar-refractivity contribution in [1.29, 1.82) is 0 Å². The minimum atomic E-state index is 0.125. The number of hydrogen-bond acceptors (Lipinski definition) is 3. The van der Waals surface area contributed by atoms with E-state index in [2.05, 4.69) is 43.4 Å². The van der Waals surface area contributed by atoms with Crippen LogP contribution in [0.15, 0.2) is 5.38 Å². The molecule has 17 heavy (non-hydrogen) atoms. The molecule has 0 atom stereocenters. The van der Waals surface area contributed by atoms with Crippen LogP contribution in [-0.4, -0.2) is 17.4 Å². The second-order valence-corrected chi connectivity index (χ2v) is 5.96. The maximum absolute atomic E-state index is 11.5. The maximum Gasteiger partial charge on any atom is 0.220 e. The SMILES string of the molecule is CC(C)CNC(=O)CCc1nc(C(C)C)cs1. The molecule has 0 saturated heterocycles. The van der Waals surface area contributed by atoms with Gasteiger partial charge in [-0.2, -0.15) is 0 Å². The van der Waals surface area contributed by atoms with E-state index in [0.717, 1.165) is 23.7 Å². The van der Waals surface area contributed by atoms with E-state index in [1.807, 2.05) is 0 Å². The number of amides is 1. The zero-order chi connectivity index (χ0) is 12.8. The van der Waals surface area contributed by atoms with Gasteiger partial charge in [0.05, 0.1) is 10.7 Å². The van der Waals surface area contributed by atoms with Crippen LogP contribution in [0, 0.1) is 5.92 Å². The number of rotatable bonds is 6. The van der Waals surface area contributed by atoms with E-state index in [4.69, 9.17) is 0 Å². The van der Waals surface area contributed by atoms with Crippen LogP contribution in [0.5, 0.6) is 0 Å². The van der Waals surface area contributed by atoms with Gasteiger partial charge in [0.15, 0.2) is 0 Å². The zero-order valence-corrected chi connectivity index (χ0v) is 11.9. The lowest BCUT2D eigenvalue weighted by molar-refractivity contribution is -0.121. The summed E-state index contributed by atoms with van der Waals surface area (Å²) >= 11 is 1.65. The van der Waals surface area contributed by atoms with Gasteiger partial charge in [0.2, 0.25) is 5.91 Å². The normalized spacial score (nSPS) is 11.2. The molecule has 1 heterocycles. The Bertz CT molecular complexity index is 358. The summed E-state index contributed by atoms with van der Waals surface area (Å²) in [5.41, 5.74) is 1.13. The van der Waals surface area contributed by atoms with Crippen LogP contribution in [0.3, 0.4) is 0 Å². The number of carbonyl (C=O) groups is 1. The second kappa shape index (κ2) is 6.74. The summed E-state index contributed by atoms with van der Waals surface area (Å²) < 4.78 is 0. The van der Waals surface area contributed by atoms with Gasteiger partial charge in [0.1, 0.15) is 0 Å². The fourth-order valence-electron chi connectivity index (χ4n) is 1.33. The Hall–Kier alpha value is -0.900. The van der Waals surface area contributed by atoms with Crippen LogP contribution in [0.2, 0.25) is 0 Å². The summed E-state index contributed by atoms with van der Waals surface area (Å²) in [7, 11) is 0. The molecule has 1 amide bonds. The van der Waals surface area contributed by atoms with Crippen molar-refractivity contribution in [3.05, 3.63) is 16.1 Å². The van der Waals surface area contributed by atoms with E-state index < -0.39 is 0 Å². The van der Waals surface area contributed by atoms with Crippen molar-refractivity contribution in [2.45, 2.75) is 46.5 Å². The molecule has 0 aliphatic rings. The van der Waals surface area contributed by atoms with Crippen LogP contribution in [0.4, 0.5) is 0 Å². The predicted molar refractivity (Wildman–Crippen MR) is 72.4 cm³/mol. The summed E-state index contributed by atoms with van der Waals surface area (Å²) in [5.74, 6) is 1.10. The Morgan fingerprint density at radius 1 is 1.41 bits per heavy atom. The Morgan fingerprint density at radius 3 is 2.65 bits per heavy atom. The number of hydrogen-bond donors (Lipinski definition) is 1. The lowest BCUT2D eigenvalue weighted by Gasteiger charge is -2.06. The van der Waals surface area contributed by atoms with Gasteiger partial charge in [-0.15, -0.1) is 11.3 Å². The first-order valence-electron chi connectivity index (χ1n) is 6.20.